The number of amides is 2. The first-order valence-corrected chi connectivity index (χ1v) is 6.81. The minimum Gasteiger partial charge on any atom is -0.344 e. The van der Waals surface area contributed by atoms with E-state index < -0.39 is 21.7 Å². The molecule has 0 fully saturated rings. The fourth-order valence-corrected chi connectivity index (χ4v) is 1.81. The summed E-state index contributed by atoms with van der Waals surface area (Å²) < 4.78 is 22.4. The molecule has 0 aromatic heterocycles. The predicted octanol–water partition coefficient (Wildman–Crippen LogP) is -1.30. The van der Waals surface area contributed by atoms with Gasteiger partial charge in [0.15, 0.2) is 9.84 Å². The van der Waals surface area contributed by atoms with E-state index in [0.717, 1.165) is 6.26 Å². The van der Waals surface area contributed by atoms with Gasteiger partial charge >= 0.3 is 11.8 Å². The number of nitrogens with two attached hydrogens (primary N) is 1. The van der Waals surface area contributed by atoms with Crippen molar-refractivity contribution >= 4 is 21.7 Å². The highest BCUT2D eigenvalue weighted by Gasteiger charge is 2.11. The van der Waals surface area contributed by atoms with Crippen LogP contribution in [0, 0.1) is 0 Å². The quantitative estimate of drug-likeness (QED) is 0.273. The average molecular weight is 271 g/mol. The number of sulfone groups is 1. The monoisotopic (exact) mass is 271 g/mol. The zero-order valence-corrected chi connectivity index (χ0v) is 10.5. The van der Waals surface area contributed by atoms with Gasteiger partial charge in [-0.1, -0.05) is 12.1 Å². The molecule has 18 heavy (non-hydrogen) atoms. The predicted molar refractivity (Wildman–Crippen MR) is 63.7 cm³/mol. The Hall–Kier alpha value is -1.93. The lowest BCUT2D eigenvalue weighted by atomic mass is 10.2. The lowest BCUT2D eigenvalue weighted by Gasteiger charge is -2.05. The minimum absolute atomic E-state index is 0.107. The fourth-order valence-electron chi connectivity index (χ4n) is 1.18. The fraction of sp³-hybridized carbons (Fsp3) is 0.200. The Balaban J connectivity index is 2.66. The van der Waals surface area contributed by atoms with Crippen LogP contribution in [0.1, 0.15) is 5.56 Å². The van der Waals surface area contributed by atoms with Crippen LogP contribution in [0.5, 0.6) is 0 Å². The van der Waals surface area contributed by atoms with Gasteiger partial charge < -0.3 is 5.32 Å². The van der Waals surface area contributed by atoms with Crippen molar-refractivity contribution in [3.63, 3.8) is 0 Å². The molecule has 0 aliphatic heterocycles. The molecule has 4 N–H and O–H groups in total. The summed E-state index contributed by atoms with van der Waals surface area (Å²) in [5, 5.41) is 2.33. The molecule has 98 valence electrons. The van der Waals surface area contributed by atoms with Gasteiger partial charge in [0.2, 0.25) is 0 Å². The van der Waals surface area contributed by atoms with Crippen molar-refractivity contribution < 1.29 is 18.0 Å². The number of hydrogen-bond acceptors (Lipinski definition) is 5. The second-order valence-corrected chi connectivity index (χ2v) is 5.59. The standard InChI is InChI=1S/C10H13N3O4S/c1-18(16,17)8-4-2-7(3-5-8)6-12-9(14)10(15)13-11/h2-5H,6,11H2,1H3,(H,12,14)(H,13,15). The van der Waals surface area contributed by atoms with Crippen LogP contribution in [0.4, 0.5) is 0 Å². The Morgan fingerprint density at radius 3 is 2.17 bits per heavy atom. The lowest BCUT2D eigenvalue weighted by Crippen LogP contribution is -2.42. The number of nitrogens with one attached hydrogen (secondary N) is 2. The molecule has 8 heteroatoms. The Kier molecular flexibility index (Phi) is 4.40. The number of hydrazine groups is 1. The van der Waals surface area contributed by atoms with E-state index in [1.807, 2.05) is 0 Å². The highest BCUT2D eigenvalue weighted by Crippen LogP contribution is 2.09. The molecule has 0 spiro atoms. The zero-order valence-electron chi connectivity index (χ0n) is 9.64. The van der Waals surface area contributed by atoms with Crippen LogP contribution >= 0.6 is 0 Å². The van der Waals surface area contributed by atoms with Crippen molar-refractivity contribution in [2.24, 2.45) is 5.84 Å². The van der Waals surface area contributed by atoms with Crippen LogP contribution < -0.4 is 16.6 Å². The van der Waals surface area contributed by atoms with Crippen LogP contribution in [0.2, 0.25) is 0 Å². The molecule has 0 atom stereocenters. The normalized spacial score (nSPS) is 10.8. The molecule has 0 unspecified atom stereocenters. The van der Waals surface area contributed by atoms with Crippen LogP contribution in [0.15, 0.2) is 29.2 Å². The summed E-state index contributed by atoms with van der Waals surface area (Å²) in [6.07, 6.45) is 1.11. The molecule has 0 saturated heterocycles. The van der Waals surface area contributed by atoms with E-state index in [1.54, 1.807) is 17.6 Å². The third kappa shape index (κ3) is 3.82. The zero-order chi connectivity index (χ0) is 13.8. The van der Waals surface area contributed by atoms with Crippen molar-refractivity contribution in [1.82, 2.24) is 10.7 Å². The maximum atomic E-state index is 11.2. The van der Waals surface area contributed by atoms with Gasteiger partial charge in [-0.05, 0) is 17.7 Å². The molecule has 0 saturated carbocycles. The van der Waals surface area contributed by atoms with E-state index >= 15 is 0 Å². The molecule has 2 amide bonds. The summed E-state index contributed by atoms with van der Waals surface area (Å²) in [6, 6.07) is 5.97. The van der Waals surface area contributed by atoms with Crippen LogP contribution in [-0.2, 0) is 26.0 Å². The van der Waals surface area contributed by atoms with Crippen molar-refractivity contribution in [2.45, 2.75) is 11.4 Å². The number of carbonyl (C=O) groups is 2. The van der Waals surface area contributed by atoms with E-state index in [4.69, 9.17) is 5.84 Å². The summed E-state index contributed by atoms with van der Waals surface area (Å²) >= 11 is 0. The maximum absolute atomic E-state index is 11.2. The molecule has 0 aliphatic rings. The van der Waals surface area contributed by atoms with E-state index in [0.29, 0.717) is 5.56 Å². The van der Waals surface area contributed by atoms with Gasteiger partial charge in [-0.15, -0.1) is 0 Å². The van der Waals surface area contributed by atoms with E-state index in [-0.39, 0.29) is 11.4 Å². The smallest absolute Gasteiger partial charge is 0.323 e. The first-order chi connectivity index (χ1) is 8.34. The van der Waals surface area contributed by atoms with Crippen molar-refractivity contribution in [1.29, 1.82) is 0 Å². The maximum Gasteiger partial charge on any atom is 0.323 e. The number of carbonyl (C=O) groups excluding carboxylic acids is 2. The van der Waals surface area contributed by atoms with E-state index in [9.17, 15) is 18.0 Å². The number of benzene rings is 1. The van der Waals surface area contributed by atoms with Crippen LogP contribution in [0.3, 0.4) is 0 Å². The summed E-state index contributed by atoms with van der Waals surface area (Å²) in [5.41, 5.74) is 2.37. The number of hydrogen-bond donors (Lipinski definition) is 3. The van der Waals surface area contributed by atoms with Crippen molar-refractivity contribution in [2.75, 3.05) is 6.26 Å². The third-order valence-electron chi connectivity index (χ3n) is 2.14. The molecule has 1 aromatic carbocycles. The summed E-state index contributed by atoms with van der Waals surface area (Å²) in [5.74, 6) is 2.98. The van der Waals surface area contributed by atoms with Gasteiger partial charge in [0.05, 0.1) is 4.90 Å². The second-order valence-electron chi connectivity index (χ2n) is 3.57. The highest BCUT2D eigenvalue weighted by molar-refractivity contribution is 7.90. The second kappa shape index (κ2) is 5.61. The first kappa shape index (κ1) is 14.1. The molecule has 7 nitrogen and oxygen atoms in total. The molecular weight excluding hydrogens is 258 g/mol. The summed E-state index contributed by atoms with van der Waals surface area (Å²) in [6.45, 7) is 0.107. The van der Waals surface area contributed by atoms with E-state index in [1.165, 1.54) is 12.1 Å². The van der Waals surface area contributed by atoms with Crippen LogP contribution in [0.25, 0.3) is 0 Å². The minimum atomic E-state index is -3.24. The van der Waals surface area contributed by atoms with Gasteiger partial charge in [-0.3, -0.25) is 15.0 Å². The van der Waals surface area contributed by atoms with Crippen molar-refractivity contribution in [3.05, 3.63) is 29.8 Å². The van der Waals surface area contributed by atoms with Crippen LogP contribution in [-0.4, -0.2) is 26.5 Å². The SMILES string of the molecule is CS(=O)(=O)c1ccc(CNC(=O)C(=O)NN)cc1. The Morgan fingerprint density at radius 1 is 1.17 bits per heavy atom. The van der Waals surface area contributed by atoms with E-state index in [2.05, 4.69) is 5.32 Å². The topological polar surface area (TPSA) is 118 Å². The molecular formula is C10H13N3O4S. The summed E-state index contributed by atoms with van der Waals surface area (Å²) in [7, 11) is -3.24. The van der Waals surface area contributed by atoms with Gasteiger partial charge in [0.1, 0.15) is 0 Å². The molecule has 0 bridgehead atoms. The highest BCUT2D eigenvalue weighted by atomic mass is 32.2. The lowest BCUT2D eigenvalue weighted by molar-refractivity contribution is -0.139. The van der Waals surface area contributed by atoms with Gasteiger partial charge in [-0.25, -0.2) is 14.3 Å². The third-order valence-corrected chi connectivity index (χ3v) is 3.27. The van der Waals surface area contributed by atoms with Gasteiger partial charge in [0.25, 0.3) is 0 Å². The largest absolute Gasteiger partial charge is 0.344 e. The molecule has 1 rings (SSSR count). The molecule has 0 aliphatic carbocycles. The van der Waals surface area contributed by atoms with Crippen molar-refractivity contribution in [3.8, 4) is 0 Å². The number of rotatable bonds is 3. The molecule has 0 radical (unpaired) electrons. The van der Waals surface area contributed by atoms with Gasteiger partial charge in [-0.2, -0.15) is 0 Å². The Morgan fingerprint density at radius 2 is 1.72 bits per heavy atom. The molecule has 0 heterocycles. The average Bonchev–Trinajstić information content (AvgIpc) is 2.34. The molecule has 1 aromatic rings. The Bertz CT molecular complexity index is 551. The summed E-state index contributed by atoms with van der Waals surface area (Å²) in [4.78, 5) is 22.1. The Labute approximate surface area is 104 Å². The first-order valence-electron chi connectivity index (χ1n) is 4.92. The van der Waals surface area contributed by atoms with Gasteiger partial charge in [0, 0.05) is 12.8 Å².